The lowest BCUT2D eigenvalue weighted by atomic mass is 9.98. The Bertz CT molecular complexity index is 1420. The first-order valence-corrected chi connectivity index (χ1v) is 13.8. The molecule has 8 nitrogen and oxygen atoms in total. The van der Waals surface area contributed by atoms with Crippen LogP contribution in [-0.4, -0.2) is 57.2 Å². The fourth-order valence-corrected chi connectivity index (χ4v) is 5.56. The summed E-state index contributed by atoms with van der Waals surface area (Å²) >= 11 is 0. The second kappa shape index (κ2) is 10.9. The van der Waals surface area contributed by atoms with Crippen LogP contribution in [0, 0.1) is 5.92 Å². The number of likely N-dealkylation sites (tertiary alicyclic amines) is 1. The van der Waals surface area contributed by atoms with Gasteiger partial charge in [0, 0.05) is 60.9 Å². The minimum Gasteiger partial charge on any atom is -0.357 e. The molecule has 1 amide bonds. The van der Waals surface area contributed by atoms with E-state index in [4.69, 9.17) is 0 Å². The summed E-state index contributed by atoms with van der Waals surface area (Å²) in [6.07, 6.45) is 11.7. The number of anilines is 2. The zero-order chi connectivity index (χ0) is 25.9. The fourth-order valence-electron chi connectivity index (χ4n) is 5.56. The highest BCUT2D eigenvalue weighted by atomic mass is 16.1. The molecule has 0 atom stereocenters. The number of carbonyl (C=O) groups is 1. The summed E-state index contributed by atoms with van der Waals surface area (Å²) in [5, 5.41) is 11.2. The highest BCUT2D eigenvalue weighted by Gasteiger charge is 2.18. The first kappa shape index (κ1) is 24.6. The molecule has 6 rings (SSSR count). The van der Waals surface area contributed by atoms with E-state index in [1.165, 1.54) is 37.7 Å². The Kier molecular flexibility index (Phi) is 7.05. The summed E-state index contributed by atoms with van der Waals surface area (Å²) in [6, 6.07) is 12.1. The number of nitrogens with zero attached hydrogens (tertiary/aromatic N) is 5. The molecule has 3 aromatic heterocycles. The van der Waals surface area contributed by atoms with Crippen LogP contribution in [0.1, 0.15) is 55.1 Å². The summed E-state index contributed by atoms with van der Waals surface area (Å²) in [4.78, 5) is 27.1. The molecule has 0 bridgehead atoms. The van der Waals surface area contributed by atoms with Gasteiger partial charge in [-0.05, 0) is 86.5 Å². The number of hydrogen-bond donors (Lipinski definition) is 2. The zero-order valence-electron chi connectivity index (χ0n) is 22.0. The number of pyridine rings is 2. The SMILES string of the molecule is CC1CCN(Cc2cncc(-c3ccc4[nH]nc(C(=O)Nc5ccnc(N6CCCCC6)c5)c4c3)c2)CC1. The summed E-state index contributed by atoms with van der Waals surface area (Å²) in [6.45, 7) is 7.54. The maximum atomic E-state index is 13.3. The minimum atomic E-state index is -0.240. The van der Waals surface area contributed by atoms with E-state index < -0.39 is 0 Å². The van der Waals surface area contributed by atoms with Gasteiger partial charge in [-0.3, -0.25) is 19.8 Å². The fraction of sp³-hybridized carbons (Fsp3) is 0.400. The summed E-state index contributed by atoms with van der Waals surface area (Å²) < 4.78 is 0. The van der Waals surface area contributed by atoms with Crippen molar-refractivity contribution in [3.8, 4) is 11.1 Å². The quantitative estimate of drug-likeness (QED) is 0.357. The molecule has 2 aliphatic rings. The topological polar surface area (TPSA) is 90.0 Å². The van der Waals surface area contributed by atoms with Crippen LogP contribution in [0.5, 0.6) is 0 Å². The van der Waals surface area contributed by atoms with Crippen LogP contribution in [0.15, 0.2) is 55.0 Å². The monoisotopic (exact) mass is 509 g/mol. The number of rotatable bonds is 6. The van der Waals surface area contributed by atoms with E-state index in [1.807, 2.05) is 36.7 Å². The predicted molar refractivity (Wildman–Crippen MR) is 151 cm³/mol. The number of aromatic nitrogens is 4. The lowest BCUT2D eigenvalue weighted by Crippen LogP contribution is -2.32. The van der Waals surface area contributed by atoms with Crippen LogP contribution in [0.4, 0.5) is 11.5 Å². The molecule has 1 aromatic carbocycles. The Morgan fingerprint density at radius 1 is 1.00 bits per heavy atom. The van der Waals surface area contributed by atoms with Crippen molar-refractivity contribution in [3.63, 3.8) is 0 Å². The lowest BCUT2D eigenvalue weighted by molar-refractivity contribution is 0.102. The molecule has 0 saturated carbocycles. The van der Waals surface area contributed by atoms with Gasteiger partial charge >= 0.3 is 0 Å². The number of amides is 1. The number of H-pyrrole nitrogens is 1. The maximum absolute atomic E-state index is 13.3. The molecule has 2 saturated heterocycles. The molecular formula is C30H35N7O. The van der Waals surface area contributed by atoms with Crippen molar-refractivity contribution in [3.05, 3.63) is 66.2 Å². The number of piperidine rings is 2. The Hall–Kier alpha value is -3.78. The second-order valence-electron chi connectivity index (χ2n) is 10.8. The number of carbonyl (C=O) groups excluding carboxylic acids is 1. The summed E-state index contributed by atoms with van der Waals surface area (Å²) in [5.74, 6) is 1.48. The normalized spacial score (nSPS) is 17.1. The Morgan fingerprint density at radius 3 is 2.68 bits per heavy atom. The number of fused-ring (bicyclic) bond motifs is 1. The van der Waals surface area contributed by atoms with Crippen LogP contribution in [0.3, 0.4) is 0 Å². The number of nitrogens with one attached hydrogen (secondary N) is 2. The number of hydrogen-bond acceptors (Lipinski definition) is 6. The largest absolute Gasteiger partial charge is 0.357 e. The van der Waals surface area contributed by atoms with Gasteiger partial charge in [0.05, 0.1) is 5.52 Å². The third kappa shape index (κ3) is 5.41. The average molecular weight is 510 g/mol. The van der Waals surface area contributed by atoms with Gasteiger partial charge in [-0.1, -0.05) is 13.0 Å². The van der Waals surface area contributed by atoms with Crippen molar-refractivity contribution < 1.29 is 4.79 Å². The third-order valence-electron chi connectivity index (χ3n) is 7.87. The standard InChI is InChI=1S/C30H35N7O/c1-21-8-13-36(14-9-21)20-22-15-24(19-31-18-22)23-5-6-27-26(16-23)29(35-34-27)30(38)33-25-7-10-32-28(17-25)37-11-3-2-4-12-37/h5-7,10,15-19,21H,2-4,8-9,11-14,20H2,1H3,(H,34,35)(H,32,33,38). The molecule has 5 heterocycles. The summed E-state index contributed by atoms with van der Waals surface area (Å²) in [7, 11) is 0. The third-order valence-corrected chi connectivity index (χ3v) is 7.87. The Balaban J connectivity index is 1.20. The van der Waals surface area contributed by atoms with Gasteiger partial charge in [-0.2, -0.15) is 5.10 Å². The molecule has 196 valence electrons. The molecule has 0 radical (unpaired) electrons. The Labute approximate surface area is 223 Å². The number of benzene rings is 1. The van der Waals surface area contributed by atoms with Gasteiger partial charge in [0.1, 0.15) is 5.82 Å². The van der Waals surface area contributed by atoms with Crippen molar-refractivity contribution in [1.29, 1.82) is 0 Å². The molecule has 4 aromatic rings. The van der Waals surface area contributed by atoms with Gasteiger partial charge in [-0.25, -0.2) is 4.98 Å². The lowest BCUT2D eigenvalue weighted by Gasteiger charge is -2.30. The molecule has 2 aliphatic heterocycles. The first-order chi connectivity index (χ1) is 18.6. The van der Waals surface area contributed by atoms with E-state index in [1.54, 1.807) is 6.20 Å². The van der Waals surface area contributed by atoms with E-state index in [9.17, 15) is 4.79 Å². The predicted octanol–water partition coefficient (Wildman–Crippen LogP) is 5.49. The van der Waals surface area contributed by atoms with E-state index >= 15 is 0 Å². The zero-order valence-corrected chi connectivity index (χ0v) is 22.0. The molecule has 8 heteroatoms. The van der Waals surface area contributed by atoms with E-state index in [-0.39, 0.29) is 5.91 Å². The molecular weight excluding hydrogens is 474 g/mol. The van der Waals surface area contributed by atoms with Crippen molar-refractivity contribution in [2.24, 2.45) is 5.92 Å². The average Bonchev–Trinajstić information content (AvgIpc) is 3.39. The Morgan fingerprint density at radius 2 is 1.84 bits per heavy atom. The van der Waals surface area contributed by atoms with Crippen molar-refractivity contribution in [2.75, 3.05) is 36.4 Å². The van der Waals surface area contributed by atoms with Gasteiger partial charge in [-0.15, -0.1) is 0 Å². The second-order valence-corrected chi connectivity index (χ2v) is 10.8. The maximum Gasteiger partial charge on any atom is 0.276 e. The van der Waals surface area contributed by atoms with Crippen LogP contribution >= 0.6 is 0 Å². The first-order valence-electron chi connectivity index (χ1n) is 13.8. The van der Waals surface area contributed by atoms with Gasteiger partial charge in [0.25, 0.3) is 5.91 Å². The molecule has 38 heavy (non-hydrogen) atoms. The van der Waals surface area contributed by atoms with Crippen LogP contribution < -0.4 is 10.2 Å². The van der Waals surface area contributed by atoms with Crippen molar-refractivity contribution >= 4 is 28.3 Å². The molecule has 0 aliphatic carbocycles. The van der Waals surface area contributed by atoms with Crippen LogP contribution in [0.2, 0.25) is 0 Å². The highest BCUT2D eigenvalue weighted by Crippen LogP contribution is 2.27. The van der Waals surface area contributed by atoms with Gasteiger partial charge < -0.3 is 10.2 Å². The van der Waals surface area contributed by atoms with Gasteiger partial charge in [0.15, 0.2) is 5.69 Å². The van der Waals surface area contributed by atoms with E-state index in [2.05, 4.69) is 54.3 Å². The van der Waals surface area contributed by atoms with Gasteiger partial charge in [0.2, 0.25) is 0 Å². The van der Waals surface area contributed by atoms with Crippen molar-refractivity contribution in [1.82, 2.24) is 25.1 Å². The van der Waals surface area contributed by atoms with Crippen molar-refractivity contribution in [2.45, 2.75) is 45.6 Å². The highest BCUT2D eigenvalue weighted by molar-refractivity contribution is 6.11. The van der Waals surface area contributed by atoms with Crippen LogP contribution in [-0.2, 0) is 6.54 Å². The van der Waals surface area contributed by atoms with E-state index in [0.29, 0.717) is 5.69 Å². The molecule has 0 unspecified atom stereocenters. The smallest absolute Gasteiger partial charge is 0.276 e. The number of aromatic amines is 1. The minimum absolute atomic E-state index is 0.240. The van der Waals surface area contributed by atoms with Crippen LogP contribution in [0.25, 0.3) is 22.0 Å². The van der Waals surface area contributed by atoms with E-state index in [0.717, 1.165) is 72.2 Å². The molecule has 2 N–H and O–H groups in total. The molecule has 0 spiro atoms. The summed E-state index contributed by atoms with van der Waals surface area (Å²) in [5.41, 5.74) is 5.21. The molecule has 2 fully saturated rings.